The minimum absolute atomic E-state index is 0. The Bertz CT molecular complexity index is 600. The van der Waals surface area contributed by atoms with E-state index in [1.807, 2.05) is 12.3 Å². The number of halogens is 2. The van der Waals surface area contributed by atoms with Gasteiger partial charge in [-0.15, -0.1) is 36.2 Å². The highest BCUT2D eigenvalue weighted by Crippen LogP contribution is 2.38. The summed E-state index contributed by atoms with van der Waals surface area (Å²) in [6.45, 7) is 6.27. The fourth-order valence-corrected chi connectivity index (χ4v) is 5.60. The number of aryl methyl sites for hydroxylation is 1. The molecule has 3 saturated heterocycles. The van der Waals surface area contributed by atoms with Crippen molar-refractivity contribution in [2.45, 2.75) is 51.1 Å². The molecule has 0 saturated carbocycles. The lowest BCUT2D eigenvalue weighted by molar-refractivity contribution is -0.121. The summed E-state index contributed by atoms with van der Waals surface area (Å²) in [5.41, 5.74) is 0.897. The van der Waals surface area contributed by atoms with Gasteiger partial charge in [0.2, 0.25) is 5.91 Å². The van der Waals surface area contributed by atoms with E-state index in [0.29, 0.717) is 18.4 Å². The molecule has 2 N–H and O–H groups in total. The van der Waals surface area contributed by atoms with Crippen molar-refractivity contribution >= 4 is 42.1 Å². The minimum Gasteiger partial charge on any atom is -0.354 e. The molecule has 1 aromatic rings. The van der Waals surface area contributed by atoms with Crippen LogP contribution in [0.2, 0.25) is 0 Å². The number of aromatic nitrogens is 1. The molecule has 4 rings (SSSR count). The zero-order valence-corrected chi connectivity index (χ0v) is 17.7. The summed E-state index contributed by atoms with van der Waals surface area (Å²) >= 11 is 1.61. The summed E-state index contributed by atoms with van der Waals surface area (Å²) in [7, 11) is 0. The molecule has 2 bridgehead atoms. The molecule has 0 aromatic carbocycles. The van der Waals surface area contributed by atoms with Crippen LogP contribution < -0.4 is 10.6 Å². The smallest absolute Gasteiger partial charge is 0.226 e. The van der Waals surface area contributed by atoms with Gasteiger partial charge >= 0.3 is 0 Å². The zero-order chi connectivity index (χ0) is 16.5. The average Bonchev–Trinajstić information content (AvgIpc) is 3.00. The van der Waals surface area contributed by atoms with E-state index >= 15 is 0 Å². The van der Waals surface area contributed by atoms with Gasteiger partial charge in [-0.3, -0.25) is 9.69 Å². The van der Waals surface area contributed by atoms with Crippen molar-refractivity contribution < 1.29 is 4.79 Å². The van der Waals surface area contributed by atoms with Crippen molar-refractivity contribution in [3.05, 3.63) is 16.1 Å². The fourth-order valence-electron chi connectivity index (χ4n) is 4.98. The van der Waals surface area contributed by atoms with Gasteiger partial charge in [-0.05, 0) is 57.7 Å². The van der Waals surface area contributed by atoms with Gasteiger partial charge in [0.15, 0.2) is 0 Å². The third kappa shape index (κ3) is 4.71. The number of piperidine rings is 3. The van der Waals surface area contributed by atoms with E-state index in [-0.39, 0.29) is 30.7 Å². The van der Waals surface area contributed by atoms with E-state index in [1.54, 1.807) is 11.3 Å². The summed E-state index contributed by atoms with van der Waals surface area (Å²) < 4.78 is 0. The topological polar surface area (TPSA) is 57.3 Å². The molecule has 3 aliphatic rings. The summed E-state index contributed by atoms with van der Waals surface area (Å²) in [6, 6.07) is 1.23. The zero-order valence-electron chi connectivity index (χ0n) is 15.3. The Morgan fingerprint density at radius 3 is 2.92 bits per heavy atom. The monoisotopic (exact) mass is 420 g/mol. The van der Waals surface area contributed by atoms with E-state index in [9.17, 15) is 4.79 Å². The Hall–Kier alpha value is -0.400. The predicted octanol–water partition coefficient (Wildman–Crippen LogP) is 2.42. The number of nitrogens with one attached hydrogen (secondary N) is 2. The number of thiazole rings is 1. The van der Waals surface area contributed by atoms with Crippen molar-refractivity contribution in [3.8, 4) is 0 Å². The summed E-state index contributed by atoms with van der Waals surface area (Å²) in [5.74, 6) is 1.61. The van der Waals surface area contributed by atoms with Crippen molar-refractivity contribution in [1.82, 2.24) is 20.5 Å². The van der Waals surface area contributed by atoms with Crippen LogP contribution in [0.5, 0.6) is 0 Å². The molecule has 0 unspecified atom stereocenters. The van der Waals surface area contributed by atoms with E-state index in [0.717, 1.165) is 35.8 Å². The molecule has 26 heavy (non-hydrogen) atoms. The molecule has 0 radical (unpaired) electrons. The van der Waals surface area contributed by atoms with Crippen LogP contribution in [0.3, 0.4) is 0 Å². The minimum atomic E-state index is 0. The summed E-state index contributed by atoms with van der Waals surface area (Å²) in [5, 5.41) is 9.85. The first-order chi connectivity index (χ1) is 11.7. The second-order valence-corrected chi connectivity index (χ2v) is 8.68. The number of nitrogens with zero attached hydrogens (tertiary/aromatic N) is 2. The third-order valence-electron chi connectivity index (χ3n) is 6.04. The van der Waals surface area contributed by atoms with Crippen molar-refractivity contribution in [2.24, 2.45) is 11.8 Å². The lowest BCUT2D eigenvalue weighted by Crippen LogP contribution is -2.65. The number of fused-ring (bicyclic) bond motifs is 4. The second-order valence-electron chi connectivity index (χ2n) is 7.62. The Morgan fingerprint density at radius 1 is 1.35 bits per heavy atom. The van der Waals surface area contributed by atoms with E-state index in [2.05, 4.69) is 20.5 Å². The van der Waals surface area contributed by atoms with Crippen molar-refractivity contribution in [3.63, 3.8) is 0 Å². The van der Waals surface area contributed by atoms with E-state index in [4.69, 9.17) is 0 Å². The first kappa shape index (κ1) is 21.9. The number of carbonyl (C=O) groups is 1. The van der Waals surface area contributed by atoms with Crippen LogP contribution in [0, 0.1) is 18.8 Å². The van der Waals surface area contributed by atoms with Gasteiger partial charge in [-0.1, -0.05) is 6.42 Å². The number of rotatable bonds is 4. The number of carbonyl (C=O) groups excluding carboxylic acids is 1. The Labute approximate surface area is 172 Å². The maximum Gasteiger partial charge on any atom is 0.226 e. The SMILES string of the molecule is Cc1nc(CC(=O)NC[C@H]2[C@@H]3CNC[C@@H](C3)[C@@H]3CCCCN32)cs1.Cl.Cl. The van der Waals surface area contributed by atoms with Crippen LogP contribution in [0.1, 0.15) is 36.4 Å². The molecule has 1 aromatic heterocycles. The highest BCUT2D eigenvalue weighted by Gasteiger charge is 2.45. The largest absolute Gasteiger partial charge is 0.354 e. The van der Waals surface area contributed by atoms with E-state index in [1.165, 1.54) is 38.8 Å². The molecule has 0 aliphatic carbocycles. The van der Waals surface area contributed by atoms with Gasteiger partial charge in [-0.2, -0.15) is 0 Å². The quantitative estimate of drug-likeness (QED) is 0.784. The normalized spacial score (nSPS) is 30.5. The van der Waals surface area contributed by atoms with Gasteiger partial charge in [0.1, 0.15) is 0 Å². The summed E-state index contributed by atoms with van der Waals surface area (Å²) in [6.07, 6.45) is 5.75. The molecule has 0 spiro atoms. The predicted molar refractivity (Wildman–Crippen MR) is 111 cm³/mol. The Balaban J connectivity index is 0.00000121. The molecule has 5 nitrogen and oxygen atoms in total. The molecular formula is C18H30Cl2N4OS. The first-order valence-electron chi connectivity index (χ1n) is 9.35. The van der Waals surface area contributed by atoms with E-state index < -0.39 is 0 Å². The van der Waals surface area contributed by atoms with Gasteiger partial charge < -0.3 is 10.6 Å². The number of hydrogen-bond donors (Lipinski definition) is 2. The fraction of sp³-hybridized carbons (Fsp3) is 0.778. The molecule has 3 fully saturated rings. The van der Waals surface area contributed by atoms with Crippen LogP contribution in [0.25, 0.3) is 0 Å². The molecule has 148 valence electrons. The van der Waals surface area contributed by atoms with Crippen LogP contribution in [0.4, 0.5) is 0 Å². The molecule has 8 heteroatoms. The van der Waals surface area contributed by atoms with Crippen LogP contribution >= 0.6 is 36.2 Å². The molecule has 4 heterocycles. The van der Waals surface area contributed by atoms with Gasteiger partial charge in [0.05, 0.1) is 17.1 Å². The van der Waals surface area contributed by atoms with Crippen LogP contribution in [-0.4, -0.2) is 54.1 Å². The Morgan fingerprint density at radius 2 is 2.15 bits per heavy atom. The van der Waals surface area contributed by atoms with Crippen LogP contribution in [-0.2, 0) is 11.2 Å². The maximum absolute atomic E-state index is 12.3. The highest BCUT2D eigenvalue weighted by molar-refractivity contribution is 7.09. The van der Waals surface area contributed by atoms with Crippen molar-refractivity contribution in [2.75, 3.05) is 26.2 Å². The van der Waals surface area contributed by atoms with Crippen molar-refractivity contribution in [1.29, 1.82) is 0 Å². The van der Waals surface area contributed by atoms with Gasteiger partial charge in [0, 0.05) is 24.0 Å². The highest BCUT2D eigenvalue weighted by atomic mass is 35.5. The lowest BCUT2D eigenvalue weighted by atomic mass is 9.73. The standard InChI is InChI=1S/C18H28N4OS.2ClH/c1-12-21-15(11-24-12)7-18(23)20-10-17-14-6-13(8-19-9-14)16-4-2-3-5-22(16)17;;/h11,13-14,16-17,19H,2-10H2,1H3,(H,20,23);2*1H/t13-,14+,16+,17+;;/m1../s1. The second kappa shape index (κ2) is 9.69. The maximum atomic E-state index is 12.3. The molecule has 4 atom stereocenters. The first-order valence-corrected chi connectivity index (χ1v) is 10.2. The molecular weight excluding hydrogens is 391 g/mol. The Kier molecular flexibility index (Phi) is 8.16. The molecule has 1 amide bonds. The number of amides is 1. The molecule has 3 aliphatic heterocycles. The van der Waals surface area contributed by atoms with Crippen LogP contribution in [0.15, 0.2) is 5.38 Å². The lowest BCUT2D eigenvalue weighted by Gasteiger charge is -2.55. The summed E-state index contributed by atoms with van der Waals surface area (Å²) in [4.78, 5) is 19.4. The van der Waals surface area contributed by atoms with Gasteiger partial charge in [0.25, 0.3) is 0 Å². The average molecular weight is 421 g/mol. The number of hydrogen-bond acceptors (Lipinski definition) is 5. The third-order valence-corrected chi connectivity index (χ3v) is 6.86. The van der Waals surface area contributed by atoms with Gasteiger partial charge in [-0.25, -0.2) is 4.98 Å².